The number of ether oxygens (including phenoxy) is 1. The van der Waals surface area contributed by atoms with Gasteiger partial charge in [-0.1, -0.05) is 34.1 Å². The van der Waals surface area contributed by atoms with Crippen LogP contribution in [0.3, 0.4) is 0 Å². The molecule has 0 unspecified atom stereocenters. The number of nitrogens with one attached hydrogen (secondary N) is 1. The molecule has 0 radical (unpaired) electrons. The van der Waals surface area contributed by atoms with Gasteiger partial charge in [-0.15, -0.1) is 0 Å². The van der Waals surface area contributed by atoms with Crippen LogP contribution in [0.4, 0.5) is 5.69 Å². The van der Waals surface area contributed by atoms with E-state index in [2.05, 4.69) is 21.2 Å². The Morgan fingerprint density at radius 2 is 1.95 bits per heavy atom. The molecule has 0 heterocycles. The van der Waals surface area contributed by atoms with Crippen molar-refractivity contribution < 1.29 is 9.53 Å². The van der Waals surface area contributed by atoms with Crippen LogP contribution in [0, 0.1) is 6.92 Å². The minimum Gasteiger partial charge on any atom is -0.481 e. The molecule has 2 aromatic carbocycles. The lowest BCUT2D eigenvalue weighted by molar-refractivity contribution is -0.122. The molecule has 0 aliphatic carbocycles. The average Bonchev–Trinajstić information content (AvgIpc) is 2.38. The Morgan fingerprint density at radius 1 is 1.20 bits per heavy atom. The minimum absolute atomic E-state index is 0.176. The number of hydrogen-bond donors (Lipinski definition) is 1. The molecule has 1 N–H and O–H groups in total. The summed E-state index contributed by atoms with van der Waals surface area (Å²) in [5, 5.41) is 2.82. The van der Waals surface area contributed by atoms with E-state index in [1.165, 1.54) is 0 Å². The van der Waals surface area contributed by atoms with Gasteiger partial charge in [0.1, 0.15) is 5.75 Å². The molecule has 1 amide bonds. The first-order valence-electron chi connectivity index (χ1n) is 6.34. The second kappa shape index (κ2) is 6.57. The van der Waals surface area contributed by atoms with Gasteiger partial charge in [-0.2, -0.15) is 0 Å². The molecule has 2 rings (SSSR count). The van der Waals surface area contributed by atoms with Crippen LogP contribution in [0.5, 0.6) is 5.75 Å². The molecule has 0 aliphatic heterocycles. The fourth-order valence-electron chi connectivity index (χ4n) is 1.76. The lowest BCUT2D eigenvalue weighted by Gasteiger charge is -2.15. The number of benzene rings is 2. The number of aryl methyl sites for hydroxylation is 1. The van der Waals surface area contributed by atoms with Crippen molar-refractivity contribution in [3.05, 3.63) is 58.6 Å². The summed E-state index contributed by atoms with van der Waals surface area (Å²) < 4.78 is 6.55. The Kier molecular flexibility index (Phi) is 4.79. The van der Waals surface area contributed by atoms with E-state index in [1.54, 1.807) is 6.92 Å². The molecule has 4 heteroatoms. The van der Waals surface area contributed by atoms with Gasteiger partial charge in [0, 0.05) is 10.2 Å². The van der Waals surface area contributed by atoms with Crippen molar-refractivity contribution in [3.8, 4) is 5.75 Å². The van der Waals surface area contributed by atoms with Crippen LogP contribution in [0.2, 0.25) is 0 Å². The number of carbonyl (C=O) groups excluding carboxylic acids is 1. The molecular weight excluding hydrogens is 318 g/mol. The number of hydrogen-bond acceptors (Lipinski definition) is 2. The second-order valence-electron chi connectivity index (χ2n) is 4.58. The lowest BCUT2D eigenvalue weighted by Crippen LogP contribution is -2.30. The van der Waals surface area contributed by atoms with E-state index in [-0.39, 0.29) is 5.91 Å². The van der Waals surface area contributed by atoms with E-state index < -0.39 is 6.10 Å². The summed E-state index contributed by atoms with van der Waals surface area (Å²) >= 11 is 3.37. The van der Waals surface area contributed by atoms with E-state index >= 15 is 0 Å². The highest BCUT2D eigenvalue weighted by molar-refractivity contribution is 9.10. The van der Waals surface area contributed by atoms with Crippen LogP contribution in [-0.4, -0.2) is 12.0 Å². The van der Waals surface area contributed by atoms with Crippen LogP contribution >= 0.6 is 15.9 Å². The van der Waals surface area contributed by atoms with Crippen molar-refractivity contribution in [2.75, 3.05) is 5.32 Å². The molecule has 0 spiro atoms. The maximum Gasteiger partial charge on any atom is 0.265 e. The predicted molar refractivity (Wildman–Crippen MR) is 84.0 cm³/mol. The number of amides is 1. The van der Waals surface area contributed by atoms with E-state index in [4.69, 9.17) is 4.74 Å². The highest BCUT2D eigenvalue weighted by Crippen LogP contribution is 2.17. The van der Waals surface area contributed by atoms with Crippen molar-refractivity contribution in [1.29, 1.82) is 0 Å². The number of halogens is 1. The molecule has 3 nitrogen and oxygen atoms in total. The van der Waals surface area contributed by atoms with Gasteiger partial charge in [-0.05, 0) is 49.7 Å². The van der Waals surface area contributed by atoms with Gasteiger partial charge in [0.15, 0.2) is 6.10 Å². The quantitative estimate of drug-likeness (QED) is 0.912. The largest absolute Gasteiger partial charge is 0.481 e. The third-order valence-electron chi connectivity index (χ3n) is 2.76. The summed E-state index contributed by atoms with van der Waals surface area (Å²) in [7, 11) is 0. The Labute approximate surface area is 127 Å². The topological polar surface area (TPSA) is 38.3 Å². The SMILES string of the molecule is Cc1cccc(O[C@@H](C)C(=O)Nc2cccc(Br)c2)c1. The first kappa shape index (κ1) is 14.6. The number of anilines is 1. The molecule has 0 saturated carbocycles. The standard InChI is InChI=1S/C16H16BrNO2/c1-11-5-3-8-15(9-11)20-12(2)16(19)18-14-7-4-6-13(17)10-14/h3-10,12H,1-2H3,(H,18,19)/t12-/m0/s1. The molecule has 0 aliphatic rings. The van der Waals surface area contributed by atoms with Gasteiger partial charge >= 0.3 is 0 Å². The molecule has 0 aromatic heterocycles. The van der Waals surface area contributed by atoms with Crippen molar-refractivity contribution >= 4 is 27.5 Å². The fraction of sp³-hybridized carbons (Fsp3) is 0.188. The highest BCUT2D eigenvalue weighted by Gasteiger charge is 2.14. The van der Waals surface area contributed by atoms with Crippen molar-refractivity contribution in [2.45, 2.75) is 20.0 Å². The molecule has 0 bridgehead atoms. The Bertz CT molecular complexity index is 613. The summed E-state index contributed by atoms with van der Waals surface area (Å²) in [6.07, 6.45) is -0.559. The third kappa shape index (κ3) is 4.10. The van der Waals surface area contributed by atoms with E-state index in [9.17, 15) is 4.79 Å². The van der Waals surface area contributed by atoms with Crippen molar-refractivity contribution in [3.63, 3.8) is 0 Å². The minimum atomic E-state index is -0.559. The van der Waals surface area contributed by atoms with Gasteiger partial charge in [0.25, 0.3) is 5.91 Å². The summed E-state index contributed by atoms with van der Waals surface area (Å²) in [4.78, 5) is 12.1. The van der Waals surface area contributed by atoms with Crippen LogP contribution in [0.25, 0.3) is 0 Å². The van der Waals surface area contributed by atoms with Gasteiger partial charge < -0.3 is 10.1 Å². The Balaban J connectivity index is 1.98. The van der Waals surface area contributed by atoms with Crippen LogP contribution < -0.4 is 10.1 Å². The average molecular weight is 334 g/mol. The number of carbonyl (C=O) groups is 1. The molecule has 0 saturated heterocycles. The van der Waals surface area contributed by atoms with E-state index in [0.717, 1.165) is 15.7 Å². The molecule has 104 valence electrons. The lowest BCUT2D eigenvalue weighted by atomic mass is 10.2. The highest BCUT2D eigenvalue weighted by atomic mass is 79.9. The maximum absolute atomic E-state index is 12.1. The normalized spacial score (nSPS) is 11.8. The Morgan fingerprint density at radius 3 is 2.65 bits per heavy atom. The first-order chi connectivity index (χ1) is 9.54. The Hall–Kier alpha value is -1.81. The van der Waals surface area contributed by atoms with Gasteiger partial charge in [0.05, 0.1) is 0 Å². The zero-order chi connectivity index (χ0) is 14.5. The molecular formula is C16H16BrNO2. The van der Waals surface area contributed by atoms with E-state index in [1.807, 2.05) is 55.5 Å². The van der Waals surface area contributed by atoms with Crippen LogP contribution in [0.15, 0.2) is 53.0 Å². The van der Waals surface area contributed by atoms with Gasteiger partial charge in [-0.25, -0.2) is 0 Å². The van der Waals surface area contributed by atoms with E-state index in [0.29, 0.717) is 5.75 Å². The molecule has 0 fully saturated rings. The van der Waals surface area contributed by atoms with Gasteiger partial charge in [-0.3, -0.25) is 4.79 Å². The van der Waals surface area contributed by atoms with Crippen LogP contribution in [0.1, 0.15) is 12.5 Å². The molecule has 1 atom stereocenters. The number of rotatable bonds is 4. The fourth-order valence-corrected chi connectivity index (χ4v) is 2.16. The summed E-state index contributed by atoms with van der Waals surface area (Å²) in [6.45, 7) is 3.72. The summed E-state index contributed by atoms with van der Waals surface area (Å²) in [5.41, 5.74) is 1.84. The zero-order valence-electron chi connectivity index (χ0n) is 11.4. The monoisotopic (exact) mass is 333 g/mol. The summed E-state index contributed by atoms with van der Waals surface area (Å²) in [5.74, 6) is 0.520. The molecule has 2 aromatic rings. The van der Waals surface area contributed by atoms with Crippen LogP contribution in [-0.2, 0) is 4.79 Å². The van der Waals surface area contributed by atoms with Crippen molar-refractivity contribution in [1.82, 2.24) is 0 Å². The first-order valence-corrected chi connectivity index (χ1v) is 7.13. The third-order valence-corrected chi connectivity index (χ3v) is 3.26. The molecule has 20 heavy (non-hydrogen) atoms. The maximum atomic E-state index is 12.1. The zero-order valence-corrected chi connectivity index (χ0v) is 13.0. The summed E-state index contributed by atoms with van der Waals surface area (Å²) in [6, 6.07) is 15.1. The van der Waals surface area contributed by atoms with Crippen molar-refractivity contribution in [2.24, 2.45) is 0 Å². The second-order valence-corrected chi connectivity index (χ2v) is 5.49. The smallest absolute Gasteiger partial charge is 0.265 e. The van der Waals surface area contributed by atoms with Gasteiger partial charge in [0.2, 0.25) is 0 Å². The predicted octanol–water partition coefficient (Wildman–Crippen LogP) is 4.16.